The molecule has 9 nitrogen and oxygen atoms in total. The lowest BCUT2D eigenvalue weighted by Crippen LogP contribution is -2.49. The van der Waals surface area contributed by atoms with Crippen LogP contribution in [-0.4, -0.2) is 52.9 Å². The first-order chi connectivity index (χ1) is 15.1. The third-order valence-corrected chi connectivity index (χ3v) is 5.39. The minimum absolute atomic E-state index is 0.00125. The van der Waals surface area contributed by atoms with Crippen molar-refractivity contribution in [1.29, 1.82) is 0 Å². The van der Waals surface area contributed by atoms with Gasteiger partial charge in [0.15, 0.2) is 5.82 Å². The summed E-state index contributed by atoms with van der Waals surface area (Å²) in [6, 6.07) is 16.1. The molecule has 2 amide bonds. The van der Waals surface area contributed by atoms with Gasteiger partial charge in [0.2, 0.25) is 5.82 Å². The Morgan fingerprint density at radius 1 is 1.13 bits per heavy atom. The zero-order valence-electron chi connectivity index (χ0n) is 16.9. The van der Waals surface area contributed by atoms with Crippen molar-refractivity contribution in [3.8, 4) is 5.75 Å². The highest BCUT2D eigenvalue weighted by Gasteiger charge is 2.33. The van der Waals surface area contributed by atoms with Crippen molar-refractivity contribution in [3.63, 3.8) is 0 Å². The maximum Gasteiger partial charge on any atom is 0.291 e. The summed E-state index contributed by atoms with van der Waals surface area (Å²) in [6.45, 7) is 0.993. The minimum Gasteiger partial charge on any atom is -0.489 e. The minimum atomic E-state index is -0.855. The number of carbonyl (C=O) groups is 2. The van der Waals surface area contributed by atoms with Gasteiger partial charge in [-0.25, -0.2) is 9.67 Å². The van der Waals surface area contributed by atoms with Crippen molar-refractivity contribution in [1.82, 2.24) is 20.1 Å². The molecule has 0 saturated heterocycles. The molecule has 1 aromatic heterocycles. The highest BCUT2D eigenvalue weighted by atomic mass is 16.5. The average Bonchev–Trinajstić information content (AvgIpc) is 3.22. The van der Waals surface area contributed by atoms with E-state index in [-0.39, 0.29) is 18.3 Å². The first kappa shape index (κ1) is 19.3. The number of amides is 2. The van der Waals surface area contributed by atoms with E-state index in [1.807, 2.05) is 42.5 Å². The fourth-order valence-electron chi connectivity index (χ4n) is 3.79. The van der Waals surface area contributed by atoms with Crippen LogP contribution in [0.15, 0.2) is 54.6 Å². The summed E-state index contributed by atoms with van der Waals surface area (Å²) >= 11 is 0. The van der Waals surface area contributed by atoms with Crippen LogP contribution >= 0.6 is 0 Å². The lowest BCUT2D eigenvalue weighted by molar-refractivity contribution is -0.120. The number of hydrogen-bond donors (Lipinski definition) is 1. The number of anilines is 1. The van der Waals surface area contributed by atoms with E-state index in [0.29, 0.717) is 30.4 Å². The number of nitrogens with one attached hydrogen (secondary N) is 1. The van der Waals surface area contributed by atoms with Crippen LogP contribution in [0.3, 0.4) is 0 Å². The summed E-state index contributed by atoms with van der Waals surface area (Å²) in [6.07, 6.45) is -0.396. The molecule has 0 spiro atoms. The van der Waals surface area contributed by atoms with E-state index in [1.165, 1.54) is 4.90 Å². The topological polar surface area (TPSA) is 98.6 Å². The number of rotatable bonds is 3. The Labute approximate surface area is 178 Å². The molecular weight excluding hydrogens is 398 g/mol. The Kier molecular flexibility index (Phi) is 4.87. The monoisotopic (exact) mass is 419 g/mol. The van der Waals surface area contributed by atoms with Crippen LogP contribution in [0.25, 0.3) is 0 Å². The largest absolute Gasteiger partial charge is 0.489 e. The van der Waals surface area contributed by atoms with Crippen LogP contribution < -0.4 is 15.0 Å². The number of fused-ring (bicyclic) bond motifs is 2. The molecule has 158 valence electrons. The third kappa shape index (κ3) is 3.53. The third-order valence-electron chi connectivity index (χ3n) is 5.39. The van der Waals surface area contributed by atoms with Crippen LogP contribution in [0, 0.1) is 0 Å². The molecule has 0 fully saturated rings. The van der Waals surface area contributed by atoms with Crippen molar-refractivity contribution in [2.24, 2.45) is 0 Å². The summed E-state index contributed by atoms with van der Waals surface area (Å²) in [4.78, 5) is 31.7. The van der Waals surface area contributed by atoms with E-state index in [0.717, 1.165) is 5.56 Å². The van der Waals surface area contributed by atoms with E-state index in [4.69, 9.17) is 9.47 Å². The van der Waals surface area contributed by atoms with Crippen LogP contribution in [0.5, 0.6) is 5.75 Å². The molecule has 31 heavy (non-hydrogen) atoms. The smallest absolute Gasteiger partial charge is 0.291 e. The number of likely N-dealkylation sites (N-methyl/N-ethyl adjacent to an activating group) is 1. The number of para-hydroxylation sites is 2. The molecule has 0 bridgehead atoms. The zero-order valence-corrected chi connectivity index (χ0v) is 16.9. The Balaban J connectivity index is 1.36. The molecule has 0 saturated carbocycles. The van der Waals surface area contributed by atoms with Crippen LogP contribution in [0.1, 0.15) is 28.1 Å². The van der Waals surface area contributed by atoms with Gasteiger partial charge in [0.1, 0.15) is 24.5 Å². The van der Waals surface area contributed by atoms with Crippen molar-refractivity contribution in [2.75, 3.05) is 25.2 Å². The van der Waals surface area contributed by atoms with Gasteiger partial charge in [-0.05, 0) is 17.7 Å². The second-order valence-corrected chi connectivity index (χ2v) is 7.38. The summed E-state index contributed by atoms with van der Waals surface area (Å²) in [7, 11) is 1.66. The molecule has 5 rings (SSSR count). The standard InChI is InChI=1S/C22H21N5O4/c1-26-16-9-5-6-10-17(16)31-13-15(22(26)29)23-21(28)19-24-20-18(14-7-3-2-4-8-14)30-12-11-27(20)25-19/h2-10,15,18H,11-13H2,1H3,(H,23,28)/t15-,18-/m0/s1. The molecule has 0 aliphatic carbocycles. The lowest BCUT2D eigenvalue weighted by atomic mass is 10.1. The van der Waals surface area contributed by atoms with E-state index in [1.54, 1.807) is 23.9 Å². The van der Waals surface area contributed by atoms with Crippen LogP contribution in [-0.2, 0) is 16.1 Å². The van der Waals surface area contributed by atoms with E-state index in [2.05, 4.69) is 15.4 Å². The lowest BCUT2D eigenvalue weighted by Gasteiger charge is -2.22. The second kappa shape index (κ2) is 7.84. The van der Waals surface area contributed by atoms with Gasteiger partial charge in [0, 0.05) is 7.05 Å². The zero-order chi connectivity index (χ0) is 21.4. The number of carbonyl (C=O) groups excluding carboxylic acids is 2. The van der Waals surface area contributed by atoms with Crippen LogP contribution in [0.2, 0.25) is 0 Å². The van der Waals surface area contributed by atoms with Gasteiger partial charge in [-0.3, -0.25) is 9.59 Å². The highest BCUT2D eigenvalue weighted by molar-refractivity contribution is 6.02. The molecule has 9 heteroatoms. The summed E-state index contributed by atoms with van der Waals surface area (Å²) < 4.78 is 13.3. The Hall–Kier alpha value is -3.72. The fraction of sp³-hybridized carbons (Fsp3) is 0.273. The molecule has 0 radical (unpaired) electrons. The molecule has 2 aromatic carbocycles. The van der Waals surface area contributed by atoms with Gasteiger partial charge >= 0.3 is 0 Å². The van der Waals surface area contributed by atoms with E-state index in [9.17, 15) is 9.59 Å². The first-order valence-corrected chi connectivity index (χ1v) is 10.0. The van der Waals surface area contributed by atoms with E-state index < -0.39 is 18.1 Å². The molecule has 3 aromatic rings. The Bertz CT molecular complexity index is 1130. The number of nitrogens with zero attached hydrogens (tertiary/aromatic N) is 4. The molecule has 2 aliphatic rings. The second-order valence-electron chi connectivity index (χ2n) is 7.38. The van der Waals surface area contributed by atoms with Crippen molar-refractivity contribution < 1.29 is 19.1 Å². The van der Waals surface area contributed by atoms with E-state index >= 15 is 0 Å². The first-order valence-electron chi connectivity index (χ1n) is 10.0. The average molecular weight is 419 g/mol. The SMILES string of the molecule is CN1C(=O)[C@@H](NC(=O)c2nc3n(n2)CCO[C@H]3c2ccccc2)COc2ccccc21. The molecular formula is C22H21N5O4. The van der Waals surface area contributed by atoms with Crippen molar-refractivity contribution >= 4 is 17.5 Å². The normalized spacial score (nSPS) is 20.3. The molecule has 3 heterocycles. The summed E-state index contributed by atoms with van der Waals surface area (Å²) in [5.41, 5.74) is 1.59. The number of aromatic nitrogens is 3. The number of ether oxygens (including phenoxy) is 2. The van der Waals surface area contributed by atoms with Gasteiger partial charge < -0.3 is 19.7 Å². The highest BCUT2D eigenvalue weighted by Crippen LogP contribution is 2.30. The molecule has 2 aliphatic heterocycles. The van der Waals surface area contributed by atoms with Gasteiger partial charge in [0.05, 0.1) is 18.8 Å². The maximum atomic E-state index is 12.9. The van der Waals surface area contributed by atoms with Crippen molar-refractivity contribution in [2.45, 2.75) is 18.7 Å². The summed E-state index contributed by atoms with van der Waals surface area (Å²) in [5, 5.41) is 7.07. The quantitative estimate of drug-likeness (QED) is 0.692. The van der Waals surface area contributed by atoms with Crippen molar-refractivity contribution in [3.05, 3.63) is 71.8 Å². The molecule has 2 atom stereocenters. The predicted molar refractivity (Wildman–Crippen MR) is 111 cm³/mol. The van der Waals surface area contributed by atoms with Gasteiger partial charge in [-0.15, -0.1) is 5.10 Å². The van der Waals surface area contributed by atoms with Gasteiger partial charge in [-0.2, -0.15) is 0 Å². The summed E-state index contributed by atoms with van der Waals surface area (Å²) in [5.74, 6) is 0.352. The molecule has 0 unspecified atom stereocenters. The number of benzene rings is 2. The molecule has 1 N–H and O–H groups in total. The van der Waals surface area contributed by atoms with Gasteiger partial charge in [-0.1, -0.05) is 42.5 Å². The fourth-order valence-corrected chi connectivity index (χ4v) is 3.79. The maximum absolute atomic E-state index is 12.9. The number of hydrogen-bond acceptors (Lipinski definition) is 6. The predicted octanol–water partition coefficient (Wildman–Crippen LogP) is 1.55. The Morgan fingerprint density at radius 3 is 2.74 bits per heavy atom. The Morgan fingerprint density at radius 2 is 1.90 bits per heavy atom. The van der Waals surface area contributed by atoms with Gasteiger partial charge in [0.25, 0.3) is 11.8 Å². The van der Waals surface area contributed by atoms with Crippen LogP contribution in [0.4, 0.5) is 5.69 Å².